The molecule has 0 saturated carbocycles. The highest BCUT2D eigenvalue weighted by Gasteiger charge is 2.36. The van der Waals surface area contributed by atoms with Gasteiger partial charge in [0.2, 0.25) is 11.8 Å². The molecule has 2 unspecified atom stereocenters. The lowest BCUT2D eigenvalue weighted by Gasteiger charge is -2.39. The maximum absolute atomic E-state index is 11.9. The van der Waals surface area contributed by atoms with E-state index in [9.17, 15) is 9.59 Å². The number of nitrogens with two attached hydrogens (primary N) is 1. The number of carbonyl (C=O) groups is 2. The quantitative estimate of drug-likeness (QED) is 0.808. The van der Waals surface area contributed by atoms with E-state index in [2.05, 4.69) is 21.2 Å². The molecular weight excluding hydrogens is 322 g/mol. The van der Waals surface area contributed by atoms with Crippen molar-refractivity contribution in [2.24, 2.45) is 5.73 Å². The van der Waals surface area contributed by atoms with Crippen molar-refractivity contribution in [2.45, 2.75) is 25.4 Å². The highest BCUT2D eigenvalue weighted by atomic mass is 79.9. The molecular formula is C14H18BrN3O2. The summed E-state index contributed by atoms with van der Waals surface area (Å²) in [5, 5.41) is 2.38. The fourth-order valence-electron chi connectivity index (χ4n) is 2.61. The number of amides is 2. The van der Waals surface area contributed by atoms with Crippen LogP contribution >= 0.6 is 15.9 Å². The molecule has 5 nitrogen and oxygen atoms in total. The summed E-state index contributed by atoms with van der Waals surface area (Å²) in [5.74, 6) is -0.509. The second-order valence-corrected chi connectivity index (χ2v) is 5.73. The van der Waals surface area contributed by atoms with Gasteiger partial charge < -0.3 is 5.73 Å². The van der Waals surface area contributed by atoms with Crippen molar-refractivity contribution in [1.82, 2.24) is 10.2 Å². The third-order valence-electron chi connectivity index (χ3n) is 3.54. The van der Waals surface area contributed by atoms with Gasteiger partial charge in [0.05, 0.1) is 12.6 Å². The van der Waals surface area contributed by atoms with E-state index >= 15 is 0 Å². The van der Waals surface area contributed by atoms with Crippen LogP contribution in [0.25, 0.3) is 0 Å². The summed E-state index contributed by atoms with van der Waals surface area (Å²) in [5.41, 5.74) is 6.90. The van der Waals surface area contributed by atoms with Crippen LogP contribution in [-0.2, 0) is 9.59 Å². The Balaban J connectivity index is 2.33. The average Bonchev–Trinajstić information content (AvgIpc) is 2.39. The number of nitrogens with zero attached hydrogens (tertiary/aromatic N) is 1. The molecule has 0 aliphatic carbocycles. The molecule has 3 N–H and O–H groups in total. The Hall–Kier alpha value is -1.24. The molecule has 2 rings (SSSR count). The van der Waals surface area contributed by atoms with Crippen LogP contribution < -0.4 is 11.1 Å². The molecule has 1 saturated heterocycles. The standard InChI is InChI=1S/C14H18BrN3O2/c1-2-11-14(20)17-13(19)8-18(11)12(7-16)9-4-3-5-10(15)6-9/h3-6,11-12H,2,7-8,16H2,1H3,(H,17,19,20). The number of piperazine rings is 1. The lowest BCUT2D eigenvalue weighted by Crippen LogP contribution is -2.59. The predicted molar refractivity (Wildman–Crippen MR) is 79.9 cm³/mol. The van der Waals surface area contributed by atoms with Crippen LogP contribution in [-0.4, -0.2) is 35.8 Å². The van der Waals surface area contributed by atoms with Crippen molar-refractivity contribution in [1.29, 1.82) is 0 Å². The molecule has 1 aliphatic heterocycles. The minimum absolute atomic E-state index is 0.146. The highest BCUT2D eigenvalue weighted by molar-refractivity contribution is 9.10. The molecule has 2 atom stereocenters. The minimum Gasteiger partial charge on any atom is -0.329 e. The summed E-state index contributed by atoms with van der Waals surface area (Å²) in [4.78, 5) is 25.5. The predicted octanol–water partition coefficient (Wildman–Crippen LogP) is 1.19. The average molecular weight is 340 g/mol. The van der Waals surface area contributed by atoms with Crippen molar-refractivity contribution < 1.29 is 9.59 Å². The van der Waals surface area contributed by atoms with Gasteiger partial charge in [-0.2, -0.15) is 0 Å². The summed E-state index contributed by atoms with van der Waals surface area (Å²) >= 11 is 3.43. The Labute approximate surface area is 126 Å². The molecule has 0 spiro atoms. The summed E-state index contributed by atoms with van der Waals surface area (Å²) < 4.78 is 0.953. The zero-order chi connectivity index (χ0) is 14.7. The van der Waals surface area contributed by atoms with Gasteiger partial charge in [-0.15, -0.1) is 0 Å². The van der Waals surface area contributed by atoms with Gasteiger partial charge in [-0.25, -0.2) is 0 Å². The van der Waals surface area contributed by atoms with Gasteiger partial charge in [-0.1, -0.05) is 35.0 Å². The maximum atomic E-state index is 11.9. The molecule has 0 radical (unpaired) electrons. The molecule has 1 aromatic rings. The van der Waals surface area contributed by atoms with Crippen molar-refractivity contribution in [3.63, 3.8) is 0 Å². The Bertz CT molecular complexity index is 521. The van der Waals surface area contributed by atoms with E-state index in [1.54, 1.807) is 0 Å². The van der Waals surface area contributed by atoms with Crippen LogP contribution in [0.5, 0.6) is 0 Å². The van der Waals surface area contributed by atoms with Gasteiger partial charge >= 0.3 is 0 Å². The van der Waals surface area contributed by atoms with E-state index in [-0.39, 0.29) is 30.4 Å². The molecule has 0 bridgehead atoms. The number of rotatable bonds is 4. The molecule has 1 aromatic carbocycles. The van der Waals surface area contributed by atoms with Crippen LogP contribution in [0.15, 0.2) is 28.7 Å². The maximum Gasteiger partial charge on any atom is 0.243 e. The molecule has 1 aliphatic rings. The van der Waals surface area contributed by atoms with Crippen LogP contribution in [0.2, 0.25) is 0 Å². The van der Waals surface area contributed by atoms with Gasteiger partial charge in [-0.05, 0) is 24.1 Å². The highest BCUT2D eigenvalue weighted by Crippen LogP contribution is 2.26. The summed E-state index contributed by atoms with van der Waals surface area (Å²) in [6, 6.07) is 7.33. The normalized spacial score (nSPS) is 21.6. The first-order valence-corrected chi connectivity index (χ1v) is 7.41. The van der Waals surface area contributed by atoms with E-state index in [0.29, 0.717) is 13.0 Å². The number of hydrogen-bond donors (Lipinski definition) is 2. The Morgan fingerprint density at radius 2 is 2.25 bits per heavy atom. The first-order chi connectivity index (χ1) is 9.56. The van der Waals surface area contributed by atoms with Crippen LogP contribution in [0, 0.1) is 0 Å². The fourth-order valence-corrected chi connectivity index (χ4v) is 3.03. The number of halogens is 1. The van der Waals surface area contributed by atoms with Crippen LogP contribution in [0.1, 0.15) is 24.9 Å². The second kappa shape index (κ2) is 6.47. The summed E-state index contributed by atoms with van der Waals surface area (Å²) in [6.07, 6.45) is 0.642. The molecule has 108 valence electrons. The fraction of sp³-hybridized carbons (Fsp3) is 0.429. The van der Waals surface area contributed by atoms with E-state index in [1.165, 1.54) is 0 Å². The monoisotopic (exact) mass is 339 g/mol. The molecule has 0 aromatic heterocycles. The number of benzene rings is 1. The van der Waals surface area contributed by atoms with Gasteiger partial charge in [0, 0.05) is 17.1 Å². The summed E-state index contributed by atoms with van der Waals surface area (Å²) in [6.45, 7) is 2.48. The third-order valence-corrected chi connectivity index (χ3v) is 4.03. The Morgan fingerprint density at radius 3 is 2.85 bits per heavy atom. The Morgan fingerprint density at radius 1 is 1.50 bits per heavy atom. The number of nitrogens with one attached hydrogen (secondary N) is 1. The minimum atomic E-state index is -0.319. The van der Waals surface area contributed by atoms with Gasteiger partial charge in [0.15, 0.2) is 0 Å². The molecule has 2 amide bonds. The lowest BCUT2D eigenvalue weighted by molar-refractivity contribution is -0.141. The van der Waals surface area contributed by atoms with Crippen LogP contribution in [0.3, 0.4) is 0 Å². The zero-order valence-corrected chi connectivity index (χ0v) is 12.9. The molecule has 1 fully saturated rings. The lowest BCUT2D eigenvalue weighted by atomic mass is 10.00. The summed E-state index contributed by atoms with van der Waals surface area (Å²) in [7, 11) is 0. The number of imide groups is 1. The molecule has 20 heavy (non-hydrogen) atoms. The third kappa shape index (κ3) is 3.08. The van der Waals surface area contributed by atoms with Crippen molar-refractivity contribution in [3.05, 3.63) is 34.3 Å². The van der Waals surface area contributed by atoms with Gasteiger partial charge in [-0.3, -0.25) is 19.8 Å². The zero-order valence-electron chi connectivity index (χ0n) is 11.3. The first-order valence-electron chi connectivity index (χ1n) is 6.61. The van der Waals surface area contributed by atoms with E-state index in [0.717, 1.165) is 10.0 Å². The van der Waals surface area contributed by atoms with Crippen molar-refractivity contribution in [2.75, 3.05) is 13.1 Å². The Kier molecular flexibility index (Phi) is 4.91. The topological polar surface area (TPSA) is 75.4 Å². The van der Waals surface area contributed by atoms with Crippen LogP contribution in [0.4, 0.5) is 0 Å². The second-order valence-electron chi connectivity index (χ2n) is 4.82. The SMILES string of the molecule is CCC1C(=O)NC(=O)CN1C(CN)c1cccc(Br)c1. The van der Waals surface area contributed by atoms with Crippen molar-refractivity contribution in [3.8, 4) is 0 Å². The molecule has 1 heterocycles. The van der Waals surface area contributed by atoms with E-state index in [4.69, 9.17) is 5.73 Å². The van der Waals surface area contributed by atoms with E-state index < -0.39 is 0 Å². The largest absolute Gasteiger partial charge is 0.329 e. The smallest absolute Gasteiger partial charge is 0.243 e. The number of carbonyl (C=O) groups excluding carboxylic acids is 2. The molecule has 6 heteroatoms. The van der Waals surface area contributed by atoms with Gasteiger partial charge in [0.1, 0.15) is 0 Å². The number of hydrogen-bond acceptors (Lipinski definition) is 4. The van der Waals surface area contributed by atoms with Gasteiger partial charge in [0.25, 0.3) is 0 Å². The van der Waals surface area contributed by atoms with E-state index in [1.807, 2.05) is 36.1 Å². The van der Waals surface area contributed by atoms with Crippen molar-refractivity contribution >= 4 is 27.7 Å². The first kappa shape index (κ1) is 15.2.